The standard InChI is InChI=1S/C19H24N6O3S/c1-4-18(26)21-15-5-7-16(8-6-15)29(27,28)25-13-11-24(12-14-25)17-9-10-20-19(22-17)23(2)3/h4-10H,1,11-14H2,2-3H3,(H,21,26). The number of sulfonamides is 1. The first-order chi connectivity index (χ1) is 13.8. The zero-order valence-electron chi connectivity index (χ0n) is 16.4. The molecular formula is C19H24N6O3S. The SMILES string of the molecule is C=CC(=O)Nc1ccc(S(=O)(=O)N2CCN(c3ccnc(N(C)C)n3)CC2)cc1. The van der Waals surface area contributed by atoms with Crippen LogP contribution in [0.4, 0.5) is 17.5 Å². The average Bonchev–Trinajstić information content (AvgIpc) is 2.74. The number of nitrogens with zero attached hydrogens (tertiary/aromatic N) is 5. The van der Waals surface area contributed by atoms with Gasteiger partial charge in [0.15, 0.2) is 0 Å². The van der Waals surface area contributed by atoms with Gasteiger partial charge in [0.05, 0.1) is 4.90 Å². The number of carbonyl (C=O) groups is 1. The summed E-state index contributed by atoms with van der Waals surface area (Å²) in [6.07, 6.45) is 2.86. The van der Waals surface area contributed by atoms with Crippen molar-refractivity contribution in [3.63, 3.8) is 0 Å². The van der Waals surface area contributed by atoms with Gasteiger partial charge in [0.25, 0.3) is 0 Å². The summed E-state index contributed by atoms with van der Waals surface area (Å²) in [6, 6.07) is 7.94. The summed E-state index contributed by atoms with van der Waals surface area (Å²) in [5.74, 6) is 1.04. The summed E-state index contributed by atoms with van der Waals surface area (Å²) in [6.45, 7) is 5.18. The Hall–Kier alpha value is -2.98. The molecule has 29 heavy (non-hydrogen) atoms. The molecule has 0 unspecified atom stereocenters. The fraction of sp³-hybridized carbons (Fsp3) is 0.316. The van der Waals surface area contributed by atoms with Crippen molar-refractivity contribution in [2.75, 3.05) is 55.4 Å². The molecule has 1 fully saturated rings. The molecule has 10 heteroatoms. The minimum atomic E-state index is -3.61. The summed E-state index contributed by atoms with van der Waals surface area (Å²) in [4.78, 5) is 24.1. The number of hydrogen-bond acceptors (Lipinski definition) is 7. The second-order valence-corrected chi connectivity index (χ2v) is 8.66. The second kappa shape index (κ2) is 8.58. The molecule has 0 aliphatic carbocycles. The van der Waals surface area contributed by atoms with Crippen molar-refractivity contribution in [3.8, 4) is 0 Å². The van der Waals surface area contributed by atoms with Gasteiger partial charge in [-0.15, -0.1) is 0 Å². The summed E-state index contributed by atoms with van der Waals surface area (Å²) in [5.41, 5.74) is 0.513. The van der Waals surface area contributed by atoms with E-state index >= 15 is 0 Å². The number of amides is 1. The van der Waals surface area contributed by atoms with E-state index in [1.165, 1.54) is 16.4 Å². The number of piperazine rings is 1. The molecule has 1 aromatic heterocycles. The normalized spacial score (nSPS) is 15.0. The Morgan fingerprint density at radius 1 is 1.14 bits per heavy atom. The molecule has 0 spiro atoms. The van der Waals surface area contributed by atoms with Gasteiger partial charge in [-0.1, -0.05) is 6.58 Å². The van der Waals surface area contributed by atoms with Gasteiger partial charge in [-0.25, -0.2) is 13.4 Å². The van der Waals surface area contributed by atoms with Crippen molar-refractivity contribution in [1.82, 2.24) is 14.3 Å². The molecule has 2 aromatic rings. The first-order valence-corrected chi connectivity index (χ1v) is 10.5. The van der Waals surface area contributed by atoms with Gasteiger partial charge >= 0.3 is 0 Å². The lowest BCUT2D eigenvalue weighted by Gasteiger charge is -2.34. The number of aromatic nitrogens is 2. The second-order valence-electron chi connectivity index (χ2n) is 6.72. The maximum absolute atomic E-state index is 12.9. The number of anilines is 3. The van der Waals surface area contributed by atoms with Crippen LogP contribution in [0.3, 0.4) is 0 Å². The van der Waals surface area contributed by atoms with E-state index in [0.717, 1.165) is 11.9 Å². The van der Waals surface area contributed by atoms with Crippen LogP contribution in [0.5, 0.6) is 0 Å². The lowest BCUT2D eigenvalue weighted by Crippen LogP contribution is -2.49. The van der Waals surface area contributed by atoms with Gasteiger partial charge in [0, 0.05) is 52.2 Å². The molecule has 1 saturated heterocycles. The van der Waals surface area contributed by atoms with E-state index in [2.05, 4.69) is 26.8 Å². The van der Waals surface area contributed by atoms with Gasteiger partial charge in [-0.3, -0.25) is 4.79 Å². The zero-order valence-corrected chi connectivity index (χ0v) is 17.3. The molecule has 2 heterocycles. The predicted molar refractivity (Wildman–Crippen MR) is 113 cm³/mol. The number of rotatable bonds is 6. The minimum Gasteiger partial charge on any atom is -0.354 e. The van der Waals surface area contributed by atoms with Crippen LogP contribution in [0.25, 0.3) is 0 Å². The molecule has 1 N–H and O–H groups in total. The molecule has 0 atom stereocenters. The van der Waals surface area contributed by atoms with E-state index < -0.39 is 10.0 Å². The zero-order chi connectivity index (χ0) is 21.0. The average molecular weight is 417 g/mol. The van der Waals surface area contributed by atoms with Crippen molar-refractivity contribution in [1.29, 1.82) is 0 Å². The third kappa shape index (κ3) is 4.72. The number of nitrogens with one attached hydrogen (secondary N) is 1. The molecule has 0 radical (unpaired) electrons. The molecule has 0 saturated carbocycles. The fourth-order valence-corrected chi connectivity index (χ4v) is 4.36. The predicted octanol–water partition coefficient (Wildman–Crippen LogP) is 1.18. The van der Waals surface area contributed by atoms with E-state index in [-0.39, 0.29) is 10.8 Å². The largest absolute Gasteiger partial charge is 0.354 e. The highest BCUT2D eigenvalue weighted by Gasteiger charge is 2.29. The fourth-order valence-electron chi connectivity index (χ4n) is 2.94. The van der Waals surface area contributed by atoms with Crippen molar-refractivity contribution in [2.24, 2.45) is 0 Å². The third-order valence-corrected chi connectivity index (χ3v) is 6.45. The lowest BCUT2D eigenvalue weighted by molar-refractivity contribution is -0.111. The summed E-state index contributed by atoms with van der Waals surface area (Å²) >= 11 is 0. The molecule has 1 aliphatic rings. The van der Waals surface area contributed by atoms with Crippen LogP contribution >= 0.6 is 0 Å². The van der Waals surface area contributed by atoms with Gasteiger partial charge in [0.2, 0.25) is 21.9 Å². The van der Waals surface area contributed by atoms with Crippen LogP contribution in [-0.2, 0) is 14.8 Å². The van der Waals surface area contributed by atoms with Crippen LogP contribution in [-0.4, -0.2) is 68.9 Å². The minimum absolute atomic E-state index is 0.194. The quantitative estimate of drug-likeness (QED) is 0.706. The van der Waals surface area contributed by atoms with E-state index in [4.69, 9.17) is 0 Å². The van der Waals surface area contributed by atoms with Crippen molar-refractivity contribution in [2.45, 2.75) is 4.90 Å². The van der Waals surface area contributed by atoms with E-state index in [0.29, 0.717) is 37.8 Å². The topological polar surface area (TPSA) is 98.7 Å². The Morgan fingerprint density at radius 3 is 2.38 bits per heavy atom. The maximum atomic E-state index is 12.9. The molecule has 9 nitrogen and oxygen atoms in total. The highest BCUT2D eigenvalue weighted by molar-refractivity contribution is 7.89. The molecule has 1 aliphatic heterocycles. The summed E-state index contributed by atoms with van der Waals surface area (Å²) in [5, 5.41) is 2.60. The highest BCUT2D eigenvalue weighted by atomic mass is 32.2. The number of benzene rings is 1. The van der Waals surface area contributed by atoms with Crippen LogP contribution in [0, 0.1) is 0 Å². The Balaban J connectivity index is 1.67. The van der Waals surface area contributed by atoms with E-state index in [1.54, 1.807) is 18.3 Å². The van der Waals surface area contributed by atoms with Gasteiger partial charge < -0.3 is 15.1 Å². The Bertz CT molecular complexity index is 983. The molecular weight excluding hydrogens is 392 g/mol. The van der Waals surface area contributed by atoms with Gasteiger partial charge in [-0.2, -0.15) is 9.29 Å². The molecule has 154 valence electrons. The molecule has 1 aromatic carbocycles. The maximum Gasteiger partial charge on any atom is 0.247 e. The monoisotopic (exact) mass is 416 g/mol. The highest BCUT2D eigenvalue weighted by Crippen LogP contribution is 2.22. The number of hydrogen-bond donors (Lipinski definition) is 1. The third-order valence-electron chi connectivity index (χ3n) is 4.54. The van der Waals surface area contributed by atoms with Crippen LogP contribution in [0.1, 0.15) is 0 Å². The van der Waals surface area contributed by atoms with Crippen LogP contribution < -0.4 is 15.1 Å². The van der Waals surface area contributed by atoms with Gasteiger partial charge in [-0.05, 0) is 36.4 Å². The molecule has 0 bridgehead atoms. The van der Waals surface area contributed by atoms with Crippen LogP contribution in [0.15, 0.2) is 54.1 Å². The summed E-state index contributed by atoms with van der Waals surface area (Å²) in [7, 11) is 0.138. The molecule has 3 rings (SSSR count). The Morgan fingerprint density at radius 2 is 1.79 bits per heavy atom. The first-order valence-electron chi connectivity index (χ1n) is 9.10. The van der Waals surface area contributed by atoms with E-state index in [1.807, 2.05) is 25.1 Å². The van der Waals surface area contributed by atoms with Crippen molar-refractivity contribution < 1.29 is 13.2 Å². The lowest BCUT2D eigenvalue weighted by atomic mass is 10.3. The molecule has 1 amide bonds. The van der Waals surface area contributed by atoms with E-state index in [9.17, 15) is 13.2 Å². The first kappa shape index (κ1) is 20.7. The summed E-state index contributed by atoms with van der Waals surface area (Å²) < 4.78 is 27.3. The smallest absolute Gasteiger partial charge is 0.247 e. The van der Waals surface area contributed by atoms with Crippen molar-refractivity contribution >= 4 is 33.4 Å². The van der Waals surface area contributed by atoms with Gasteiger partial charge in [0.1, 0.15) is 5.82 Å². The van der Waals surface area contributed by atoms with Crippen molar-refractivity contribution in [3.05, 3.63) is 49.2 Å². The Labute approximate surface area is 170 Å². The van der Waals surface area contributed by atoms with Crippen LogP contribution in [0.2, 0.25) is 0 Å². The number of carbonyl (C=O) groups excluding carboxylic acids is 1. The Kier molecular flexibility index (Phi) is 6.14.